The Balaban J connectivity index is 2.43. The molecule has 0 aliphatic carbocycles. The van der Waals surface area contributed by atoms with E-state index in [9.17, 15) is 9.59 Å². The Morgan fingerprint density at radius 3 is 2.33 bits per heavy atom. The van der Waals surface area contributed by atoms with Crippen LogP contribution < -0.4 is 0 Å². The summed E-state index contributed by atoms with van der Waals surface area (Å²) in [6.07, 6.45) is 2.73. The number of benzene rings is 1. The van der Waals surface area contributed by atoms with E-state index in [2.05, 4.69) is 0 Å². The summed E-state index contributed by atoms with van der Waals surface area (Å²) in [6.45, 7) is 0. The molecule has 0 bridgehead atoms. The highest BCUT2D eigenvalue weighted by Crippen LogP contribution is 2.22. The maximum Gasteiger partial charge on any atom is 0.274 e. The maximum absolute atomic E-state index is 11.6. The summed E-state index contributed by atoms with van der Waals surface area (Å²) < 4.78 is 0. The molecule has 1 heterocycles. The third kappa shape index (κ3) is 1.40. The molecule has 15 heavy (non-hydrogen) atoms. The average Bonchev–Trinajstić information content (AvgIpc) is 2.55. The number of rotatable bonds is 1. The number of carbonyl (C=O) groups excluding carboxylic acids is 2. The Morgan fingerprint density at radius 1 is 1.13 bits per heavy atom. The minimum atomic E-state index is -0.582. The van der Waals surface area contributed by atoms with Crippen molar-refractivity contribution >= 4 is 17.4 Å². The smallest absolute Gasteiger partial charge is 0.268 e. The zero-order chi connectivity index (χ0) is 10.8. The lowest BCUT2D eigenvalue weighted by Gasteiger charge is -2.02. The highest BCUT2D eigenvalue weighted by atomic mass is 16.2. The molecular weight excluding hydrogens is 192 g/mol. The van der Waals surface area contributed by atoms with Gasteiger partial charge < -0.3 is 0 Å². The molecule has 1 aromatic carbocycles. The van der Waals surface area contributed by atoms with E-state index in [1.165, 1.54) is 6.08 Å². The van der Waals surface area contributed by atoms with Crippen LogP contribution in [0.25, 0.3) is 5.57 Å². The largest absolute Gasteiger partial charge is 0.274 e. The fourth-order valence-electron chi connectivity index (χ4n) is 1.39. The summed E-state index contributed by atoms with van der Waals surface area (Å²) in [6, 6.07) is 8.79. The molecule has 2 amide bonds. The Kier molecular flexibility index (Phi) is 2.07. The van der Waals surface area contributed by atoms with Crippen molar-refractivity contribution < 1.29 is 9.59 Å². The molecule has 1 aliphatic rings. The predicted molar refractivity (Wildman–Crippen MR) is 51.9 cm³/mol. The van der Waals surface area contributed by atoms with E-state index in [1.807, 2.05) is 6.07 Å². The van der Waals surface area contributed by atoms with Crippen molar-refractivity contribution in [3.8, 4) is 6.19 Å². The number of nitrogens with zero attached hydrogens (tertiary/aromatic N) is 2. The lowest BCUT2D eigenvalue weighted by molar-refractivity contribution is -0.132. The molecular formula is C11H6N2O2. The highest BCUT2D eigenvalue weighted by molar-refractivity contribution is 6.34. The van der Waals surface area contributed by atoms with E-state index in [1.54, 1.807) is 30.5 Å². The van der Waals surface area contributed by atoms with Crippen LogP contribution in [0.5, 0.6) is 0 Å². The van der Waals surface area contributed by atoms with Crippen molar-refractivity contribution in [2.75, 3.05) is 0 Å². The minimum Gasteiger partial charge on any atom is -0.268 e. The summed E-state index contributed by atoms with van der Waals surface area (Å²) in [7, 11) is 0. The molecule has 0 atom stereocenters. The highest BCUT2D eigenvalue weighted by Gasteiger charge is 2.31. The normalized spacial score (nSPS) is 15.1. The maximum atomic E-state index is 11.6. The van der Waals surface area contributed by atoms with Crippen molar-refractivity contribution in [3.63, 3.8) is 0 Å². The standard InChI is InChI=1S/C11H6N2O2/c12-7-13-10(14)6-9(11(13)15)8-4-2-1-3-5-8/h1-6H. The molecule has 0 unspecified atom stereocenters. The van der Waals surface area contributed by atoms with Crippen molar-refractivity contribution in [2.45, 2.75) is 0 Å². The number of amides is 2. The second kappa shape index (κ2) is 3.39. The van der Waals surface area contributed by atoms with Gasteiger partial charge in [-0.25, -0.2) is 0 Å². The molecule has 0 fully saturated rings. The molecule has 4 nitrogen and oxygen atoms in total. The van der Waals surface area contributed by atoms with E-state index < -0.39 is 11.8 Å². The predicted octanol–water partition coefficient (Wildman–Crippen LogP) is 0.920. The number of hydrogen-bond acceptors (Lipinski definition) is 3. The van der Waals surface area contributed by atoms with Gasteiger partial charge in [0.05, 0.1) is 5.57 Å². The summed E-state index contributed by atoms with van der Waals surface area (Å²) >= 11 is 0. The summed E-state index contributed by atoms with van der Waals surface area (Å²) in [5, 5.41) is 8.57. The van der Waals surface area contributed by atoms with Crippen LogP contribution in [0, 0.1) is 11.5 Å². The van der Waals surface area contributed by atoms with E-state index in [0.29, 0.717) is 10.5 Å². The molecule has 0 aromatic heterocycles. The quantitative estimate of drug-likeness (QED) is 0.498. The van der Waals surface area contributed by atoms with Gasteiger partial charge in [0.2, 0.25) is 0 Å². The van der Waals surface area contributed by atoms with Crippen molar-refractivity contribution in [2.24, 2.45) is 0 Å². The van der Waals surface area contributed by atoms with Crippen LogP contribution in [0.15, 0.2) is 36.4 Å². The van der Waals surface area contributed by atoms with Crippen LogP contribution in [0.4, 0.5) is 0 Å². The first kappa shape index (κ1) is 9.16. The van der Waals surface area contributed by atoms with E-state index in [0.717, 1.165) is 0 Å². The molecule has 0 saturated carbocycles. The monoisotopic (exact) mass is 198 g/mol. The molecule has 4 heteroatoms. The van der Waals surface area contributed by atoms with Gasteiger partial charge in [0, 0.05) is 6.08 Å². The Bertz CT molecular complexity index is 497. The van der Waals surface area contributed by atoms with Crippen LogP contribution in [0.1, 0.15) is 5.56 Å². The SMILES string of the molecule is N#CN1C(=O)C=C(c2ccccc2)C1=O. The molecule has 1 aromatic rings. The Hall–Kier alpha value is -2.41. The summed E-state index contributed by atoms with van der Waals surface area (Å²) in [5.74, 6) is -1.14. The van der Waals surface area contributed by atoms with Gasteiger partial charge in [0.25, 0.3) is 11.8 Å². The minimum absolute atomic E-state index is 0.266. The van der Waals surface area contributed by atoms with Gasteiger partial charge in [0.15, 0.2) is 6.19 Å². The van der Waals surface area contributed by atoms with Crippen molar-refractivity contribution in [1.29, 1.82) is 5.26 Å². The van der Waals surface area contributed by atoms with Gasteiger partial charge >= 0.3 is 0 Å². The van der Waals surface area contributed by atoms with Gasteiger partial charge in [-0.15, -0.1) is 0 Å². The van der Waals surface area contributed by atoms with Crippen LogP contribution >= 0.6 is 0 Å². The number of imide groups is 1. The van der Waals surface area contributed by atoms with Crippen molar-refractivity contribution in [3.05, 3.63) is 42.0 Å². The third-order valence-corrected chi connectivity index (χ3v) is 2.11. The number of carbonyl (C=O) groups is 2. The number of hydrogen-bond donors (Lipinski definition) is 0. The molecule has 2 rings (SSSR count). The fourth-order valence-corrected chi connectivity index (χ4v) is 1.39. The van der Waals surface area contributed by atoms with Crippen LogP contribution in [-0.4, -0.2) is 16.7 Å². The molecule has 0 saturated heterocycles. The number of nitriles is 1. The van der Waals surface area contributed by atoms with Gasteiger partial charge in [0.1, 0.15) is 0 Å². The first-order valence-electron chi connectivity index (χ1n) is 4.29. The molecule has 0 N–H and O–H groups in total. The Morgan fingerprint density at radius 2 is 1.80 bits per heavy atom. The first-order chi connectivity index (χ1) is 7.24. The van der Waals surface area contributed by atoms with Gasteiger partial charge in [-0.2, -0.15) is 10.2 Å². The third-order valence-electron chi connectivity index (χ3n) is 2.11. The zero-order valence-corrected chi connectivity index (χ0v) is 7.68. The Labute approximate surface area is 86.0 Å². The average molecular weight is 198 g/mol. The van der Waals surface area contributed by atoms with Crippen molar-refractivity contribution in [1.82, 2.24) is 4.90 Å². The lowest BCUT2D eigenvalue weighted by atomic mass is 10.1. The van der Waals surface area contributed by atoms with E-state index in [4.69, 9.17) is 5.26 Å². The fraction of sp³-hybridized carbons (Fsp3) is 0. The van der Waals surface area contributed by atoms with Gasteiger partial charge in [-0.1, -0.05) is 30.3 Å². The first-order valence-corrected chi connectivity index (χ1v) is 4.29. The summed E-state index contributed by atoms with van der Waals surface area (Å²) in [5.41, 5.74) is 0.913. The van der Waals surface area contributed by atoms with Crippen LogP contribution in [0.3, 0.4) is 0 Å². The van der Waals surface area contributed by atoms with E-state index in [-0.39, 0.29) is 5.57 Å². The van der Waals surface area contributed by atoms with E-state index >= 15 is 0 Å². The van der Waals surface area contributed by atoms with Gasteiger partial charge in [-0.3, -0.25) is 9.59 Å². The molecule has 0 radical (unpaired) electrons. The lowest BCUT2D eigenvalue weighted by Crippen LogP contribution is -2.25. The van der Waals surface area contributed by atoms with Gasteiger partial charge in [-0.05, 0) is 5.56 Å². The zero-order valence-electron chi connectivity index (χ0n) is 7.68. The second-order valence-electron chi connectivity index (χ2n) is 3.00. The van der Waals surface area contributed by atoms with Crippen LogP contribution in [0.2, 0.25) is 0 Å². The second-order valence-corrected chi connectivity index (χ2v) is 3.00. The topological polar surface area (TPSA) is 61.2 Å². The van der Waals surface area contributed by atoms with Crippen LogP contribution in [-0.2, 0) is 9.59 Å². The molecule has 1 aliphatic heterocycles. The molecule has 0 spiro atoms. The summed E-state index contributed by atoms with van der Waals surface area (Å²) in [4.78, 5) is 23.3. The molecule has 72 valence electrons.